The average Bonchev–Trinajstić information content (AvgIpc) is 2.70. The molecule has 3 aromatic rings. The second-order valence-corrected chi connectivity index (χ2v) is 8.03. The van der Waals surface area contributed by atoms with Gasteiger partial charge in [-0.3, -0.25) is 0 Å². The SMILES string of the molecule is O=C(NCCc1ccc([N+](=O)[O-])cc1[Se]c1ccccc1)c1ccccn1. The molecule has 0 radical (unpaired) electrons. The zero-order valence-corrected chi connectivity index (χ0v) is 16.1. The molecule has 1 aromatic heterocycles. The maximum absolute atomic E-state index is 12.1. The number of hydrogen-bond acceptors (Lipinski definition) is 4. The Kier molecular flexibility index (Phi) is 6.30. The fourth-order valence-corrected chi connectivity index (χ4v) is 4.63. The van der Waals surface area contributed by atoms with E-state index in [1.54, 1.807) is 36.5 Å². The third kappa shape index (κ3) is 5.23. The van der Waals surface area contributed by atoms with Crippen molar-refractivity contribution in [1.82, 2.24) is 10.3 Å². The molecule has 1 amide bonds. The number of benzene rings is 2. The van der Waals surface area contributed by atoms with Crippen LogP contribution in [0, 0.1) is 10.1 Å². The van der Waals surface area contributed by atoms with Crippen LogP contribution in [0.25, 0.3) is 0 Å². The van der Waals surface area contributed by atoms with E-state index in [9.17, 15) is 14.9 Å². The van der Waals surface area contributed by atoms with Crippen molar-refractivity contribution in [3.63, 3.8) is 0 Å². The second-order valence-electron chi connectivity index (χ2n) is 5.69. The summed E-state index contributed by atoms with van der Waals surface area (Å²) < 4.78 is 2.10. The van der Waals surface area contributed by atoms with Gasteiger partial charge in [0.15, 0.2) is 0 Å². The molecule has 0 aliphatic carbocycles. The molecule has 0 saturated heterocycles. The molecule has 0 fully saturated rings. The number of aromatic nitrogens is 1. The van der Waals surface area contributed by atoms with Gasteiger partial charge in [-0.1, -0.05) is 0 Å². The van der Waals surface area contributed by atoms with Gasteiger partial charge in [-0.2, -0.15) is 0 Å². The van der Waals surface area contributed by atoms with Crippen molar-refractivity contribution in [1.29, 1.82) is 0 Å². The molecule has 1 N–H and O–H groups in total. The fourth-order valence-electron chi connectivity index (χ4n) is 2.47. The Balaban J connectivity index is 1.72. The monoisotopic (exact) mass is 427 g/mol. The summed E-state index contributed by atoms with van der Waals surface area (Å²) in [5.74, 6) is -0.229. The van der Waals surface area contributed by atoms with E-state index in [1.807, 2.05) is 30.3 Å². The van der Waals surface area contributed by atoms with Gasteiger partial charge in [-0.25, -0.2) is 0 Å². The third-order valence-electron chi connectivity index (χ3n) is 3.81. The first kappa shape index (κ1) is 18.8. The molecule has 136 valence electrons. The maximum atomic E-state index is 12.1. The Morgan fingerprint density at radius 1 is 1.07 bits per heavy atom. The van der Waals surface area contributed by atoms with Crippen LogP contribution in [0.5, 0.6) is 0 Å². The number of hydrogen-bond donors (Lipinski definition) is 1. The summed E-state index contributed by atoms with van der Waals surface area (Å²) >= 11 is -0.0480. The summed E-state index contributed by atoms with van der Waals surface area (Å²) in [4.78, 5) is 26.9. The average molecular weight is 426 g/mol. The summed E-state index contributed by atoms with van der Waals surface area (Å²) in [5, 5.41) is 14.0. The van der Waals surface area contributed by atoms with Crippen LogP contribution in [0.3, 0.4) is 0 Å². The number of nitro benzene ring substituents is 1. The third-order valence-corrected chi connectivity index (χ3v) is 6.13. The number of non-ortho nitro benzene ring substituents is 1. The van der Waals surface area contributed by atoms with Crippen LogP contribution >= 0.6 is 0 Å². The van der Waals surface area contributed by atoms with Gasteiger partial charge in [0.2, 0.25) is 0 Å². The topological polar surface area (TPSA) is 85.1 Å². The molecule has 3 rings (SSSR count). The number of carbonyl (C=O) groups excluding carboxylic acids is 1. The van der Waals surface area contributed by atoms with Crippen molar-refractivity contribution in [2.45, 2.75) is 6.42 Å². The minimum absolute atomic E-state index is 0.0480. The number of amides is 1. The van der Waals surface area contributed by atoms with Gasteiger partial charge in [0.25, 0.3) is 0 Å². The summed E-state index contributed by atoms with van der Waals surface area (Å²) in [6, 6.07) is 20.0. The normalized spacial score (nSPS) is 10.4. The van der Waals surface area contributed by atoms with Crippen LogP contribution in [-0.4, -0.2) is 37.3 Å². The molecule has 0 bridgehead atoms. The van der Waals surface area contributed by atoms with Crippen LogP contribution in [0.1, 0.15) is 16.1 Å². The van der Waals surface area contributed by atoms with Crippen molar-refractivity contribution in [2.24, 2.45) is 0 Å². The Hall–Kier alpha value is -3.02. The van der Waals surface area contributed by atoms with E-state index in [2.05, 4.69) is 10.3 Å². The second kappa shape index (κ2) is 9.07. The molecule has 0 aliphatic heterocycles. The van der Waals surface area contributed by atoms with Gasteiger partial charge in [-0.05, 0) is 0 Å². The van der Waals surface area contributed by atoms with E-state index < -0.39 is 0 Å². The van der Waals surface area contributed by atoms with Gasteiger partial charge in [0.1, 0.15) is 0 Å². The van der Waals surface area contributed by atoms with Crippen molar-refractivity contribution in [3.05, 3.63) is 94.3 Å². The van der Waals surface area contributed by atoms with E-state index >= 15 is 0 Å². The summed E-state index contributed by atoms with van der Waals surface area (Å²) in [7, 11) is 0. The number of rotatable bonds is 7. The molecule has 0 unspecified atom stereocenters. The van der Waals surface area contributed by atoms with Crippen molar-refractivity contribution in [3.8, 4) is 0 Å². The fraction of sp³-hybridized carbons (Fsp3) is 0.100. The molecule has 0 atom stereocenters. The first-order chi connectivity index (χ1) is 13.1. The summed E-state index contributed by atoms with van der Waals surface area (Å²) in [5.41, 5.74) is 1.46. The van der Waals surface area contributed by atoms with E-state index in [0.29, 0.717) is 18.7 Å². The molecular formula is C20H17N3O3Se. The van der Waals surface area contributed by atoms with Crippen LogP contribution in [0.2, 0.25) is 0 Å². The van der Waals surface area contributed by atoms with Gasteiger partial charge in [-0.15, -0.1) is 0 Å². The summed E-state index contributed by atoms with van der Waals surface area (Å²) in [6.07, 6.45) is 2.17. The van der Waals surface area contributed by atoms with Crippen LogP contribution in [0.15, 0.2) is 72.9 Å². The van der Waals surface area contributed by atoms with Gasteiger partial charge >= 0.3 is 163 Å². The first-order valence-corrected chi connectivity index (χ1v) is 10.0. The number of carbonyl (C=O) groups is 1. The van der Waals surface area contributed by atoms with Crippen molar-refractivity contribution in [2.75, 3.05) is 6.54 Å². The molecule has 0 spiro atoms. The number of nitrogens with zero attached hydrogens (tertiary/aromatic N) is 2. The van der Waals surface area contributed by atoms with Crippen LogP contribution < -0.4 is 14.2 Å². The van der Waals surface area contributed by atoms with Crippen LogP contribution in [0.4, 0.5) is 5.69 Å². The Morgan fingerprint density at radius 2 is 1.85 bits per heavy atom. The Bertz CT molecular complexity index is 934. The minimum atomic E-state index is -0.378. The zero-order chi connectivity index (χ0) is 19.1. The molecule has 6 nitrogen and oxygen atoms in total. The molecule has 2 aromatic carbocycles. The standard InChI is InChI=1S/C20H17N3O3Se/c24-20(18-8-4-5-12-21-18)22-13-11-15-9-10-16(23(25)26)14-19(15)27-17-6-2-1-3-7-17/h1-10,12,14H,11,13H2,(H,22,24). The molecule has 7 heteroatoms. The molecule has 0 aliphatic rings. The molecular weight excluding hydrogens is 409 g/mol. The predicted molar refractivity (Wildman–Crippen MR) is 105 cm³/mol. The number of nitrogens with one attached hydrogen (secondary N) is 1. The van der Waals surface area contributed by atoms with Crippen molar-refractivity contribution < 1.29 is 9.72 Å². The van der Waals surface area contributed by atoms with E-state index in [1.165, 1.54) is 6.07 Å². The van der Waals surface area contributed by atoms with E-state index in [4.69, 9.17) is 0 Å². The summed E-state index contributed by atoms with van der Waals surface area (Å²) in [6.45, 7) is 0.436. The Morgan fingerprint density at radius 3 is 2.56 bits per heavy atom. The first-order valence-electron chi connectivity index (χ1n) is 8.33. The quantitative estimate of drug-likeness (QED) is 0.354. The number of nitro groups is 1. The van der Waals surface area contributed by atoms with E-state index in [-0.39, 0.29) is 31.5 Å². The van der Waals surface area contributed by atoms with E-state index in [0.717, 1.165) is 14.5 Å². The van der Waals surface area contributed by atoms with Gasteiger partial charge in [0, 0.05) is 0 Å². The van der Waals surface area contributed by atoms with Gasteiger partial charge < -0.3 is 0 Å². The van der Waals surface area contributed by atoms with Crippen LogP contribution in [-0.2, 0) is 6.42 Å². The molecule has 1 heterocycles. The molecule has 27 heavy (non-hydrogen) atoms. The predicted octanol–water partition coefficient (Wildman–Crippen LogP) is 1.62. The zero-order valence-electron chi connectivity index (χ0n) is 14.4. The van der Waals surface area contributed by atoms with Gasteiger partial charge in [0.05, 0.1) is 0 Å². The Labute approximate surface area is 163 Å². The molecule has 0 saturated carbocycles. The number of pyridine rings is 1. The van der Waals surface area contributed by atoms with Crippen molar-refractivity contribution >= 4 is 35.5 Å².